The summed E-state index contributed by atoms with van der Waals surface area (Å²) >= 11 is 0. The van der Waals surface area contributed by atoms with E-state index in [-0.39, 0.29) is 5.41 Å². The van der Waals surface area contributed by atoms with Crippen molar-refractivity contribution in [3.05, 3.63) is 144 Å². The molecular weight excluding hydrogens is 520 g/mol. The summed E-state index contributed by atoms with van der Waals surface area (Å²) in [6, 6.07) is 33.2. The number of rotatable bonds is 7. The third-order valence-electron chi connectivity index (χ3n) is 9.02. The molecule has 6 aromatic rings. The summed E-state index contributed by atoms with van der Waals surface area (Å²) in [5, 5.41) is 3.81. The van der Waals surface area contributed by atoms with Crippen molar-refractivity contribution >= 4 is 56.3 Å². The summed E-state index contributed by atoms with van der Waals surface area (Å²) in [6.07, 6.45) is 10.8. The van der Waals surface area contributed by atoms with Crippen molar-refractivity contribution in [3.63, 3.8) is 0 Å². The predicted octanol–water partition coefficient (Wildman–Crippen LogP) is 11.5. The van der Waals surface area contributed by atoms with E-state index in [1.807, 2.05) is 6.08 Å². The fraction of sp³-hybridized carbons (Fsp3) is 0.171. The number of aromatic nitrogens is 2. The molecule has 0 aliphatic rings. The molecular formula is C41H40N2. The Kier molecular flexibility index (Phi) is 7.31. The Balaban J connectivity index is 1.51. The highest BCUT2D eigenvalue weighted by Gasteiger charge is 2.25. The van der Waals surface area contributed by atoms with Crippen LogP contribution in [0.2, 0.25) is 0 Å². The number of nitrogens with zero attached hydrogens (tertiary/aromatic N) is 2. The predicted molar refractivity (Wildman–Crippen MR) is 189 cm³/mol. The van der Waals surface area contributed by atoms with Crippen LogP contribution in [-0.4, -0.2) is 9.13 Å². The van der Waals surface area contributed by atoms with Gasteiger partial charge in [-0.1, -0.05) is 111 Å². The van der Waals surface area contributed by atoms with Gasteiger partial charge in [-0.05, 0) is 74.7 Å². The highest BCUT2D eigenvalue weighted by atomic mass is 15.0. The Bertz CT molecular complexity index is 2090. The van der Waals surface area contributed by atoms with Crippen LogP contribution in [0.1, 0.15) is 62.6 Å². The van der Waals surface area contributed by atoms with Gasteiger partial charge in [-0.2, -0.15) is 0 Å². The first-order valence-electron chi connectivity index (χ1n) is 15.1. The van der Waals surface area contributed by atoms with Gasteiger partial charge in [0.15, 0.2) is 0 Å². The molecule has 0 fully saturated rings. The van der Waals surface area contributed by atoms with E-state index < -0.39 is 0 Å². The molecule has 2 aromatic heterocycles. The lowest BCUT2D eigenvalue weighted by Gasteiger charge is -2.26. The second kappa shape index (κ2) is 11.1. The number of hydrogen-bond acceptors (Lipinski definition) is 0. The quantitative estimate of drug-likeness (QED) is 0.172. The first-order valence-corrected chi connectivity index (χ1v) is 15.1. The molecule has 214 valence electrons. The van der Waals surface area contributed by atoms with E-state index in [9.17, 15) is 0 Å². The van der Waals surface area contributed by atoms with E-state index in [0.717, 1.165) is 11.3 Å². The Hall–Kier alpha value is -4.82. The van der Waals surface area contributed by atoms with Crippen LogP contribution >= 0.6 is 0 Å². The smallest absolute Gasteiger partial charge is 0.0541 e. The maximum absolute atomic E-state index is 3.91. The van der Waals surface area contributed by atoms with Crippen LogP contribution in [0.25, 0.3) is 56.3 Å². The SMILES string of the molecule is C=Cc1ccc(C(C)(C)c2ccc3c(c2)c2ccccc2n3C(C=C(C)n2c(C)c(C=CC)c3ccccc32)=CC)cc1. The van der Waals surface area contributed by atoms with Crippen molar-refractivity contribution in [1.29, 1.82) is 0 Å². The van der Waals surface area contributed by atoms with Gasteiger partial charge >= 0.3 is 0 Å². The van der Waals surface area contributed by atoms with Crippen LogP contribution in [0.15, 0.2) is 116 Å². The van der Waals surface area contributed by atoms with Gasteiger partial charge in [-0.3, -0.25) is 0 Å². The molecule has 0 saturated carbocycles. The average molecular weight is 561 g/mol. The van der Waals surface area contributed by atoms with Gasteiger partial charge in [-0.15, -0.1) is 0 Å². The second-order valence-corrected chi connectivity index (χ2v) is 11.9. The lowest BCUT2D eigenvalue weighted by atomic mass is 9.77. The van der Waals surface area contributed by atoms with Gasteiger partial charge < -0.3 is 9.13 Å². The largest absolute Gasteiger partial charge is 0.317 e. The highest BCUT2D eigenvalue weighted by molar-refractivity contribution is 6.11. The van der Waals surface area contributed by atoms with Gasteiger partial charge in [-0.25, -0.2) is 0 Å². The number of fused-ring (bicyclic) bond motifs is 4. The molecule has 6 rings (SSSR count). The standard InChI is InChI=1S/C41H40N2/c1-8-15-34-29(5)42(38-18-13-11-16-35(34)38)28(4)26-33(10-3)43-39-19-14-12-17-36(39)37-27-32(24-25-40(37)43)41(6,7)31-22-20-30(9-2)21-23-31/h8-27H,2H2,1,3-7H3. The number of allylic oxidation sites excluding steroid dienone is 5. The van der Waals surface area contributed by atoms with Crippen LogP contribution in [0, 0.1) is 6.92 Å². The molecule has 2 nitrogen and oxygen atoms in total. The summed E-state index contributed by atoms with van der Waals surface area (Å²) in [5.41, 5.74) is 12.1. The van der Waals surface area contributed by atoms with Gasteiger partial charge in [0.25, 0.3) is 0 Å². The first kappa shape index (κ1) is 28.3. The number of benzene rings is 4. The fourth-order valence-corrected chi connectivity index (χ4v) is 6.62. The molecule has 0 bridgehead atoms. The summed E-state index contributed by atoms with van der Waals surface area (Å²) in [4.78, 5) is 0. The van der Waals surface area contributed by atoms with Crippen LogP contribution in [-0.2, 0) is 5.41 Å². The number of para-hydroxylation sites is 2. The van der Waals surface area contributed by atoms with E-state index in [1.165, 1.54) is 60.8 Å². The topological polar surface area (TPSA) is 9.86 Å². The van der Waals surface area contributed by atoms with Gasteiger partial charge in [0, 0.05) is 44.2 Å². The third kappa shape index (κ3) is 4.68. The lowest BCUT2D eigenvalue weighted by molar-refractivity contribution is 0.642. The Labute approximate surface area is 255 Å². The van der Waals surface area contributed by atoms with Crippen molar-refractivity contribution in [2.75, 3.05) is 0 Å². The van der Waals surface area contributed by atoms with E-state index in [2.05, 4.69) is 173 Å². The summed E-state index contributed by atoms with van der Waals surface area (Å²) in [7, 11) is 0. The normalized spacial score (nSPS) is 13.2. The Morgan fingerprint density at radius 3 is 1.98 bits per heavy atom. The fourth-order valence-electron chi connectivity index (χ4n) is 6.62. The summed E-state index contributed by atoms with van der Waals surface area (Å²) < 4.78 is 4.80. The van der Waals surface area contributed by atoms with Crippen LogP contribution in [0.5, 0.6) is 0 Å². The van der Waals surface area contributed by atoms with Gasteiger partial charge in [0.1, 0.15) is 0 Å². The minimum Gasteiger partial charge on any atom is -0.317 e. The third-order valence-corrected chi connectivity index (χ3v) is 9.02. The van der Waals surface area contributed by atoms with Crippen molar-refractivity contribution in [2.24, 2.45) is 0 Å². The van der Waals surface area contributed by atoms with Gasteiger partial charge in [0.2, 0.25) is 0 Å². The molecule has 0 saturated heterocycles. The van der Waals surface area contributed by atoms with Crippen LogP contribution < -0.4 is 0 Å². The van der Waals surface area contributed by atoms with E-state index >= 15 is 0 Å². The van der Waals surface area contributed by atoms with Crippen molar-refractivity contribution in [3.8, 4) is 0 Å². The molecule has 43 heavy (non-hydrogen) atoms. The van der Waals surface area contributed by atoms with Crippen LogP contribution in [0.4, 0.5) is 0 Å². The summed E-state index contributed by atoms with van der Waals surface area (Å²) in [6.45, 7) is 17.2. The molecule has 0 N–H and O–H groups in total. The van der Waals surface area contributed by atoms with Crippen molar-refractivity contribution in [1.82, 2.24) is 9.13 Å². The molecule has 2 heterocycles. The second-order valence-electron chi connectivity index (χ2n) is 11.9. The minimum atomic E-state index is -0.144. The highest BCUT2D eigenvalue weighted by Crippen LogP contribution is 2.38. The zero-order valence-corrected chi connectivity index (χ0v) is 26.1. The van der Waals surface area contributed by atoms with E-state index in [1.54, 1.807) is 0 Å². The van der Waals surface area contributed by atoms with Crippen molar-refractivity contribution in [2.45, 2.75) is 47.0 Å². The zero-order chi connectivity index (χ0) is 30.3. The molecule has 0 unspecified atom stereocenters. The molecule has 0 radical (unpaired) electrons. The summed E-state index contributed by atoms with van der Waals surface area (Å²) in [5.74, 6) is 0. The van der Waals surface area contributed by atoms with Gasteiger partial charge in [0.05, 0.1) is 16.6 Å². The average Bonchev–Trinajstić information content (AvgIpc) is 3.51. The van der Waals surface area contributed by atoms with Crippen molar-refractivity contribution < 1.29 is 0 Å². The Morgan fingerprint density at radius 2 is 1.33 bits per heavy atom. The monoisotopic (exact) mass is 560 g/mol. The molecule has 0 amide bonds. The maximum Gasteiger partial charge on any atom is 0.0541 e. The number of hydrogen-bond donors (Lipinski definition) is 0. The molecule has 4 aromatic carbocycles. The molecule has 0 aliphatic heterocycles. The lowest BCUT2D eigenvalue weighted by Crippen LogP contribution is -2.18. The van der Waals surface area contributed by atoms with Crippen LogP contribution in [0.3, 0.4) is 0 Å². The molecule has 0 atom stereocenters. The Morgan fingerprint density at radius 1 is 0.721 bits per heavy atom. The molecule has 0 spiro atoms. The maximum atomic E-state index is 3.91. The van der Waals surface area contributed by atoms with E-state index in [4.69, 9.17) is 0 Å². The molecule has 2 heteroatoms. The zero-order valence-electron chi connectivity index (χ0n) is 26.1. The molecule has 0 aliphatic carbocycles. The minimum absolute atomic E-state index is 0.144. The van der Waals surface area contributed by atoms with E-state index in [0.29, 0.717) is 0 Å². The first-order chi connectivity index (χ1) is 20.8.